The maximum absolute atomic E-state index is 12.4. The molecule has 1 fully saturated rings. The van der Waals surface area contributed by atoms with Crippen LogP contribution in [0.15, 0.2) is 29.1 Å². The number of primary amides is 1. The van der Waals surface area contributed by atoms with Gasteiger partial charge in [-0.25, -0.2) is 9.59 Å². The summed E-state index contributed by atoms with van der Waals surface area (Å²) < 4.78 is 6.80. The first-order valence-electron chi connectivity index (χ1n) is 7.79. The third kappa shape index (κ3) is 2.86. The number of nitrogens with zero attached hydrogens (tertiary/aromatic N) is 2. The maximum atomic E-state index is 12.4. The highest BCUT2D eigenvalue weighted by Crippen LogP contribution is 2.23. The summed E-state index contributed by atoms with van der Waals surface area (Å²) in [6.07, 6.45) is 4.63. The molecule has 0 bridgehead atoms. The van der Waals surface area contributed by atoms with Crippen molar-refractivity contribution >= 4 is 23.0 Å². The number of aromatic nitrogens is 2. The average Bonchev–Trinajstić information content (AvgIpc) is 2.87. The summed E-state index contributed by atoms with van der Waals surface area (Å²) in [7, 11) is 0. The molecule has 1 aliphatic rings. The van der Waals surface area contributed by atoms with Crippen LogP contribution in [0.5, 0.6) is 0 Å². The Bertz CT molecular complexity index is 799. The molecule has 0 atom stereocenters. The van der Waals surface area contributed by atoms with Crippen LogP contribution in [0.1, 0.15) is 32.1 Å². The molecule has 1 saturated carbocycles. The van der Waals surface area contributed by atoms with Crippen molar-refractivity contribution in [2.75, 3.05) is 6.61 Å². The van der Waals surface area contributed by atoms with E-state index in [0.29, 0.717) is 16.1 Å². The van der Waals surface area contributed by atoms with Crippen molar-refractivity contribution in [2.24, 2.45) is 11.7 Å². The van der Waals surface area contributed by atoms with Crippen LogP contribution in [0.25, 0.3) is 10.9 Å². The lowest BCUT2D eigenvalue weighted by Crippen LogP contribution is -2.37. The Labute approximate surface area is 132 Å². The van der Waals surface area contributed by atoms with Gasteiger partial charge in [0.25, 0.3) is 5.56 Å². The van der Waals surface area contributed by atoms with Gasteiger partial charge in [0.1, 0.15) is 0 Å². The van der Waals surface area contributed by atoms with Crippen LogP contribution in [-0.4, -0.2) is 28.1 Å². The van der Waals surface area contributed by atoms with E-state index in [4.69, 9.17) is 10.5 Å². The fraction of sp³-hybridized carbons (Fsp3) is 0.438. The van der Waals surface area contributed by atoms with Crippen molar-refractivity contribution in [1.29, 1.82) is 0 Å². The van der Waals surface area contributed by atoms with Gasteiger partial charge in [0.2, 0.25) is 0 Å². The highest BCUT2D eigenvalue weighted by Gasteiger charge is 2.23. The molecular formula is C16H19N3O4. The third-order valence-corrected chi connectivity index (χ3v) is 4.30. The Kier molecular flexibility index (Phi) is 4.18. The van der Waals surface area contributed by atoms with E-state index >= 15 is 0 Å². The highest BCUT2D eigenvalue weighted by molar-refractivity contribution is 5.92. The molecule has 3 rings (SSSR count). The molecule has 1 heterocycles. The second-order valence-corrected chi connectivity index (χ2v) is 5.87. The number of hydrogen-bond donors (Lipinski definition) is 1. The zero-order valence-electron chi connectivity index (χ0n) is 12.7. The van der Waals surface area contributed by atoms with Crippen LogP contribution in [0.2, 0.25) is 0 Å². The summed E-state index contributed by atoms with van der Waals surface area (Å²) >= 11 is 0. The van der Waals surface area contributed by atoms with Gasteiger partial charge in [-0.05, 0) is 30.9 Å². The fourth-order valence-electron chi connectivity index (χ4n) is 3.14. The molecule has 2 N–H and O–H groups in total. The summed E-state index contributed by atoms with van der Waals surface area (Å²) in [6.45, 7) is 0.256. The number of carbonyl (C=O) groups is 2. The van der Waals surface area contributed by atoms with Crippen LogP contribution in [0, 0.1) is 5.92 Å². The van der Waals surface area contributed by atoms with Crippen molar-refractivity contribution < 1.29 is 14.3 Å². The molecule has 1 aromatic carbocycles. The molecule has 0 unspecified atom stereocenters. The topological polar surface area (TPSA) is 96.3 Å². The lowest BCUT2D eigenvalue weighted by Gasteiger charge is -2.21. The van der Waals surface area contributed by atoms with E-state index in [0.717, 1.165) is 30.4 Å². The summed E-state index contributed by atoms with van der Waals surface area (Å²) in [5.41, 5.74) is 5.01. The molecule has 1 aromatic heterocycles. The van der Waals surface area contributed by atoms with E-state index in [1.165, 1.54) is 6.42 Å². The SMILES string of the molecule is NC(=O)n1c2ccccc2c(=O)n1C(=O)OCC1CCCCC1. The van der Waals surface area contributed by atoms with Gasteiger partial charge in [-0.3, -0.25) is 4.79 Å². The molecular weight excluding hydrogens is 298 g/mol. The molecule has 2 aromatic rings. The second kappa shape index (κ2) is 6.28. The minimum absolute atomic E-state index is 0.251. The molecule has 0 aliphatic heterocycles. The monoisotopic (exact) mass is 317 g/mol. The molecule has 7 nitrogen and oxygen atoms in total. The second-order valence-electron chi connectivity index (χ2n) is 5.87. The van der Waals surface area contributed by atoms with E-state index in [2.05, 4.69) is 0 Å². The molecule has 122 valence electrons. The van der Waals surface area contributed by atoms with Gasteiger partial charge in [-0.15, -0.1) is 4.68 Å². The number of hydrogen-bond acceptors (Lipinski definition) is 4. The van der Waals surface area contributed by atoms with Crippen molar-refractivity contribution in [3.63, 3.8) is 0 Å². The number of ether oxygens (including phenoxy) is 1. The molecule has 0 saturated heterocycles. The lowest BCUT2D eigenvalue weighted by atomic mass is 9.90. The van der Waals surface area contributed by atoms with Crippen molar-refractivity contribution in [3.05, 3.63) is 34.6 Å². The first-order valence-corrected chi connectivity index (χ1v) is 7.79. The number of rotatable bonds is 2. The zero-order chi connectivity index (χ0) is 16.4. The molecule has 1 aliphatic carbocycles. The Morgan fingerprint density at radius 2 is 1.83 bits per heavy atom. The predicted molar refractivity (Wildman–Crippen MR) is 84.5 cm³/mol. The van der Waals surface area contributed by atoms with Crippen molar-refractivity contribution in [3.8, 4) is 0 Å². The van der Waals surface area contributed by atoms with Crippen LogP contribution in [0.4, 0.5) is 9.59 Å². The minimum Gasteiger partial charge on any atom is -0.448 e. The Hall–Kier alpha value is -2.57. The number of amides is 1. The summed E-state index contributed by atoms with van der Waals surface area (Å²) in [4.78, 5) is 36.4. The molecule has 0 spiro atoms. The Morgan fingerprint density at radius 1 is 1.13 bits per heavy atom. The van der Waals surface area contributed by atoms with Crippen LogP contribution in [0.3, 0.4) is 0 Å². The predicted octanol–water partition coefficient (Wildman–Crippen LogP) is 2.29. The standard InChI is InChI=1S/C16H19N3O4/c17-15(21)18-13-9-5-4-8-12(13)14(20)19(18)16(22)23-10-11-6-2-1-3-7-11/h4-5,8-9,11H,1-3,6-7,10H2,(H2,17,21). The smallest absolute Gasteiger partial charge is 0.436 e. The van der Waals surface area contributed by atoms with E-state index in [1.54, 1.807) is 24.3 Å². The Morgan fingerprint density at radius 3 is 2.52 bits per heavy atom. The zero-order valence-corrected chi connectivity index (χ0v) is 12.7. The number of carbonyl (C=O) groups excluding carboxylic acids is 2. The van der Waals surface area contributed by atoms with Gasteiger partial charge in [-0.1, -0.05) is 31.4 Å². The quantitative estimate of drug-likeness (QED) is 0.919. The average molecular weight is 317 g/mol. The van der Waals surface area contributed by atoms with E-state index < -0.39 is 17.7 Å². The summed E-state index contributed by atoms with van der Waals surface area (Å²) in [5.74, 6) is 0.315. The molecule has 7 heteroatoms. The van der Waals surface area contributed by atoms with Crippen LogP contribution < -0.4 is 11.3 Å². The highest BCUT2D eigenvalue weighted by atomic mass is 16.6. The van der Waals surface area contributed by atoms with Gasteiger partial charge in [0.15, 0.2) is 0 Å². The third-order valence-electron chi connectivity index (χ3n) is 4.30. The van der Waals surface area contributed by atoms with Gasteiger partial charge < -0.3 is 10.5 Å². The van der Waals surface area contributed by atoms with Gasteiger partial charge in [-0.2, -0.15) is 4.68 Å². The number of benzene rings is 1. The lowest BCUT2D eigenvalue weighted by molar-refractivity contribution is 0.111. The van der Waals surface area contributed by atoms with Crippen molar-refractivity contribution in [1.82, 2.24) is 9.36 Å². The Balaban J connectivity index is 1.90. The van der Waals surface area contributed by atoms with Gasteiger partial charge in [0, 0.05) is 0 Å². The number of fused-ring (bicyclic) bond motifs is 1. The maximum Gasteiger partial charge on any atom is 0.436 e. The van der Waals surface area contributed by atoms with E-state index in [9.17, 15) is 14.4 Å². The van der Waals surface area contributed by atoms with Crippen molar-refractivity contribution in [2.45, 2.75) is 32.1 Å². The molecule has 1 amide bonds. The summed E-state index contributed by atoms with van der Waals surface area (Å²) in [6, 6.07) is 5.53. The number of para-hydroxylation sites is 1. The first kappa shape index (κ1) is 15.3. The van der Waals surface area contributed by atoms with Crippen LogP contribution >= 0.6 is 0 Å². The molecule has 23 heavy (non-hydrogen) atoms. The summed E-state index contributed by atoms with van der Waals surface area (Å²) in [5, 5.41) is 0.251. The van der Waals surface area contributed by atoms with E-state index in [-0.39, 0.29) is 12.0 Å². The van der Waals surface area contributed by atoms with Gasteiger partial charge >= 0.3 is 12.1 Å². The fourth-order valence-corrected chi connectivity index (χ4v) is 3.14. The van der Waals surface area contributed by atoms with Crippen LogP contribution in [-0.2, 0) is 4.74 Å². The normalized spacial score (nSPS) is 15.7. The van der Waals surface area contributed by atoms with E-state index in [1.807, 2.05) is 0 Å². The molecule has 0 radical (unpaired) electrons. The number of nitrogens with two attached hydrogens (primary N) is 1. The largest absolute Gasteiger partial charge is 0.448 e. The minimum atomic E-state index is -0.905. The van der Waals surface area contributed by atoms with Gasteiger partial charge in [0.05, 0.1) is 17.5 Å². The first-order chi connectivity index (χ1) is 11.1.